The number of amides is 1. The van der Waals surface area contributed by atoms with Crippen molar-refractivity contribution in [3.63, 3.8) is 0 Å². The molecule has 2 fully saturated rings. The molecule has 2 aliphatic heterocycles. The van der Waals surface area contributed by atoms with Gasteiger partial charge in [-0.2, -0.15) is 0 Å². The summed E-state index contributed by atoms with van der Waals surface area (Å²) in [5.41, 5.74) is 1.33. The Balaban J connectivity index is 1.52. The molecule has 2 saturated heterocycles. The fourth-order valence-electron chi connectivity index (χ4n) is 6.16. The van der Waals surface area contributed by atoms with Gasteiger partial charge in [0.05, 0.1) is 26.7 Å². The number of hydrogen-bond donors (Lipinski definition) is 0. The van der Waals surface area contributed by atoms with E-state index in [1.807, 2.05) is 11.0 Å². The first-order valence-corrected chi connectivity index (χ1v) is 16.2. The minimum atomic E-state index is -3.56. The zero-order chi connectivity index (χ0) is 27.4. The van der Waals surface area contributed by atoms with Crippen molar-refractivity contribution in [3.05, 3.63) is 64.1 Å². The van der Waals surface area contributed by atoms with Gasteiger partial charge in [0.25, 0.3) is 0 Å². The van der Waals surface area contributed by atoms with Crippen LogP contribution in [0.25, 0.3) is 0 Å². The molecule has 0 N–H and O–H groups in total. The normalized spacial score (nSPS) is 23.5. The maximum atomic E-state index is 14.0. The molecule has 2 aliphatic rings. The van der Waals surface area contributed by atoms with E-state index < -0.39 is 9.84 Å². The number of nitrogens with zero attached hydrogens (tertiary/aromatic N) is 2. The van der Waals surface area contributed by atoms with Gasteiger partial charge in [0.15, 0.2) is 9.84 Å². The quantitative estimate of drug-likeness (QED) is 0.322. The molecule has 208 valence electrons. The summed E-state index contributed by atoms with van der Waals surface area (Å²) >= 11 is 12.1. The Morgan fingerprint density at radius 3 is 2.47 bits per heavy atom. The highest BCUT2D eigenvalue weighted by atomic mass is 35.5. The topological polar surface area (TPSA) is 57.7 Å². The number of halogens is 2. The van der Waals surface area contributed by atoms with Gasteiger partial charge < -0.3 is 4.90 Å². The Labute approximate surface area is 238 Å². The summed E-state index contributed by atoms with van der Waals surface area (Å²) < 4.78 is 26.4. The van der Waals surface area contributed by atoms with Crippen molar-refractivity contribution in [3.8, 4) is 0 Å². The molecule has 1 unspecified atom stereocenters. The van der Waals surface area contributed by atoms with Crippen LogP contribution in [0.5, 0.6) is 0 Å². The summed E-state index contributed by atoms with van der Waals surface area (Å²) in [6.07, 6.45) is 4.98. The summed E-state index contributed by atoms with van der Waals surface area (Å²) in [7, 11) is -3.56. The molecule has 2 aromatic rings. The Kier molecular flexibility index (Phi) is 9.83. The molecule has 2 heterocycles. The van der Waals surface area contributed by atoms with E-state index in [0.717, 1.165) is 38.6 Å². The van der Waals surface area contributed by atoms with Crippen molar-refractivity contribution < 1.29 is 13.2 Å². The zero-order valence-corrected chi connectivity index (χ0v) is 25.0. The minimum Gasteiger partial charge on any atom is -0.338 e. The predicted octanol–water partition coefficient (Wildman–Crippen LogP) is 6.52. The third kappa shape index (κ3) is 7.12. The minimum absolute atomic E-state index is 0.0334. The molecule has 0 saturated carbocycles. The van der Waals surface area contributed by atoms with Gasteiger partial charge in [-0.25, -0.2) is 8.42 Å². The first kappa shape index (κ1) is 29.4. The molecule has 0 aliphatic carbocycles. The first-order valence-electron chi connectivity index (χ1n) is 13.8. The van der Waals surface area contributed by atoms with Crippen molar-refractivity contribution in [1.82, 2.24) is 9.80 Å². The summed E-state index contributed by atoms with van der Waals surface area (Å²) in [5, 5.41) is 0.557. The van der Waals surface area contributed by atoms with Gasteiger partial charge in [-0.15, -0.1) is 0 Å². The average Bonchev–Trinajstić information content (AvgIpc) is 3.22. The highest BCUT2D eigenvalue weighted by Crippen LogP contribution is 2.34. The lowest BCUT2D eigenvalue weighted by Crippen LogP contribution is -2.49. The molecular formula is C30H40Cl2N2O3S. The van der Waals surface area contributed by atoms with Crippen molar-refractivity contribution >= 4 is 38.9 Å². The van der Waals surface area contributed by atoms with Crippen LogP contribution in [0.3, 0.4) is 0 Å². The molecule has 0 radical (unpaired) electrons. The molecular weight excluding hydrogens is 539 g/mol. The molecule has 4 rings (SSSR count). The molecule has 4 atom stereocenters. The highest BCUT2D eigenvalue weighted by Gasteiger charge is 2.44. The second kappa shape index (κ2) is 12.7. The number of carbonyl (C=O) groups excluding carboxylic acids is 1. The highest BCUT2D eigenvalue weighted by molar-refractivity contribution is 7.91. The largest absolute Gasteiger partial charge is 0.338 e. The molecule has 2 aromatic carbocycles. The Hall–Kier alpha value is -1.60. The van der Waals surface area contributed by atoms with E-state index in [9.17, 15) is 13.2 Å². The van der Waals surface area contributed by atoms with E-state index in [4.69, 9.17) is 23.2 Å². The number of aryl methyl sites for hydroxylation is 1. The number of hydrogen-bond acceptors (Lipinski definition) is 4. The van der Waals surface area contributed by atoms with Gasteiger partial charge in [0, 0.05) is 25.2 Å². The van der Waals surface area contributed by atoms with Crippen LogP contribution in [-0.2, 0) is 21.1 Å². The number of carbonyl (C=O) groups is 1. The van der Waals surface area contributed by atoms with Gasteiger partial charge in [0.1, 0.15) is 0 Å². The van der Waals surface area contributed by atoms with Crippen LogP contribution in [0, 0.1) is 11.8 Å². The van der Waals surface area contributed by atoms with Crippen LogP contribution in [-0.4, -0.2) is 61.1 Å². The zero-order valence-electron chi connectivity index (χ0n) is 22.7. The van der Waals surface area contributed by atoms with Crippen LogP contribution < -0.4 is 0 Å². The van der Waals surface area contributed by atoms with E-state index in [1.54, 1.807) is 0 Å². The molecule has 0 spiro atoms. The monoisotopic (exact) mass is 578 g/mol. The lowest BCUT2D eigenvalue weighted by atomic mass is 9.98. The van der Waals surface area contributed by atoms with Gasteiger partial charge in [-0.3, -0.25) is 9.69 Å². The summed E-state index contributed by atoms with van der Waals surface area (Å²) in [6, 6.07) is 15.1. The van der Waals surface area contributed by atoms with Crippen molar-refractivity contribution in [2.75, 3.05) is 18.8 Å². The van der Waals surface area contributed by atoms with E-state index >= 15 is 0 Å². The maximum Gasteiger partial charge on any atom is 0.240 e. The van der Waals surface area contributed by atoms with Crippen molar-refractivity contribution in [2.24, 2.45) is 11.8 Å². The maximum absolute atomic E-state index is 14.0. The van der Waals surface area contributed by atoms with Gasteiger partial charge >= 0.3 is 0 Å². The predicted molar refractivity (Wildman–Crippen MR) is 156 cm³/mol. The number of benzene rings is 2. The standard InChI is InChI=1S/C30H40Cl2N2O3S/c1-21(2)17-25(14-16-38(36,37)26-11-12-27(31)28(32)19-26)33-15-13-24(10-9-23-7-5-4-6-8-23)34-20-22(3)18-29(34)30(33)35/h4-8,11-12,19,21-22,24-25,29H,9-10,13-18,20H2,1-3H3/t22-,24?,25+,29+/m1/s1. The smallest absolute Gasteiger partial charge is 0.240 e. The van der Waals surface area contributed by atoms with E-state index in [1.165, 1.54) is 23.8 Å². The Morgan fingerprint density at radius 2 is 1.79 bits per heavy atom. The number of rotatable bonds is 10. The molecule has 1 amide bonds. The molecule has 38 heavy (non-hydrogen) atoms. The van der Waals surface area contributed by atoms with E-state index in [2.05, 4.69) is 49.9 Å². The Bertz CT molecular complexity index is 1210. The van der Waals surface area contributed by atoms with Crippen molar-refractivity contribution in [1.29, 1.82) is 0 Å². The van der Waals surface area contributed by atoms with Crippen LogP contribution in [0.1, 0.15) is 58.4 Å². The second-order valence-electron chi connectivity index (χ2n) is 11.5. The molecule has 0 aromatic heterocycles. The average molecular weight is 580 g/mol. The fraction of sp³-hybridized carbons (Fsp3) is 0.567. The lowest BCUT2D eigenvalue weighted by molar-refractivity contribution is -0.137. The molecule has 5 nitrogen and oxygen atoms in total. The third-order valence-electron chi connectivity index (χ3n) is 8.05. The van der Waals surface area contributed by atoms with Crippen LogP contribution >= 0.6 is 23.2 Å². The lowest BCUT2D eigenvalue weighted by Gasteiger charge is -2.34. The third-order valence-corrected chi connectivity index (χ3v) is 10.5. The van der Waals surface area contributed by atoms with Crippen LogP contribution in [0.4, 0.5) is 0 Å². The van der Waals surface area contributed by atoms with Crippen LogP contribution in [0.15, 0.2) is 53.4 Å². The summed E-state index contributed by atoms with van der Waals surface area (Å²) in [4.78, 5) is 18.7. The summed E-state index contributed by atoms with van der Waals surface area (Å²) in [5.74, 6) is 0.959. The fourth-order valence-corrected chi connectivity index (χ4v) is 7.91. The number of sulfone groups is 1. The Morgan fingerprint density at radius 1 is 1.05 bits per heavy atom. The van der Waals surface area contributed by atoms with E-state index in [0.29, 0.717) is 35.9 Å². The van der Waals surface area contributed by atoms with Crippen molar-refractivity contribution in [2.45, 2.75) is 82.3 Å². The second-order valence-corrected chi connectivity index (χ2v) is 14.4. The number of fused-ring (bicyclic) bond motifs is 1. The van der Waals surface area contributed by atoms with E-state index in [-0.39, 0.29) is 33.7 Å². The van der Waals surface area contributed by atoms with Gasteiger partial charge in [-0.05, 0) is 74.1 Å². The van der Waals surface area contributed by atoms with Crippen LogP contribution in [0.2, 0.25) is 10.0 Å². The SMILES string of the molecule is CC(C)C[C@H](CCS(=O)(=O)c1ccc(Cl)c(Cl)c1)N1CCC(CCc2ccccc2)N2C[C@H](C)C[C@H]2C1=O. The van der Waals surface area contributed by atoms with Gasteiger partial charge in [-0.1, -0.05) is 74.3 Å². The molecule has 0 bridgehead atoms. The first-order chi connectivity index (χ1) is 18.0. The summed E-state index contributed by atoms with van der Waals surface area (Å²) in [6.45, 7) is 8.12. The van der Waals surface area contributed by atoms with Gasteiger partial charge in [0.2, 0.25) is 5.91 Å². The molecule has 8 heteroatoms.